The predicted octanol–water partition coefficient (Wildman–Crippen LogP) is 16.9. The average Bonchev–Trinajstić information content (AvgIpc) is 3.27. The molecule has 0 saturated carbocycles. The van der Waals surface area contributed by atoms with E-state index in [-0.39, 0.29) is 18.5 Å². The summed E-state index contributed by atoms with van der Waals surface area (Å²) in [6.07, 6.45) is 60.8. The number of rotatable bonds is 52. The zero-order chi connectivity index (χ0) is 45.1. The molecule has 0 fully saturated rings. The second-order valence-corrected chi connectivity index (χ2v) is 19.3. The minimum atomic E-state index is -0.861. The first-order valence-electron chi connectivity index (χ1n) is 28.0. The van der Waals surface area contributed by atoms with Gasteiger partial charge in [0.1, 0.15) is 0 Å². The molecule has 0 rings (SSSR count). The lowest BCUT2D eigenvalue weighted by atomic mass is 10.0. The van der Waals surface area contributed by atoms with E-state index in [0.717, 1.165) is 57.8 Å². The highest BCUT2D eigenvalue weighted by Gasteiger charge is 2.18. The molecule has 0 aromatic rings. The number of aliphatic hydroxyl groups is 2. The lowest BCUT2D eigenvalue weighted by molar-refractivity contribution is -0.143. The van der Waals surface area contributed by atoms with E-state index in [1.165, 1.54) is 225 Å². The molecule has 6 nitrogen and oxygen atoms in total. The van der Waals surface area contributed by atoms with Crippen molar-refractivity contribution in [2.45, 2.75) is 321 Å². The number of carbonyl (C=O) groups excluding carboxylic acids is 2. The molecule has 3 N–H and O–H groups in total. The molecule has 0 aromatic carbocycles. The van der Waals surface area contributed by atoms with Crippen molar-refractivity contribution in [3.8, 4) is 0 Å². The fraction of sp³-hybridized carbons (Fsp3) is 0.929. The lowest BCUT2D eigenvalue weighted by Crippen LogP contribution is -2.45. The van der Waals surface area contributed by atoms with Crippen LogP contribution in [0.15, 0.2) is 12.2 Å². The number of unbranched alkanes of at least 4 members (excludes halogenated alkanes) is 41. The van der Waals surface area contributed by atoms with E-state index < -0.39 is 12.1 Å². The van der Waals surface area contributed by atoms with Gasteiger partial charge in [-0.3, -0.25) is 9.59 Å². The molecular formula is C56H109NO5. The Labute approximate surface area is 387 Å². The molecule has 0 aliphatic carbocycles. The second kappa shape index (κ2) is 52.2. The highest BCUT2D eigenvalue weighted by Crippen LogP contribution is 2.17. The van der Waals surface area contributed by atoms with Gasteiger partial charge in [-0.25, -0.2) is 0 Å². The Kier molecular flexibility index (Phi) is 51.0. The summed E-state index contributed by atoms with van der Waals surface area (Å²) in [6, 6.07) is -0.647. The number of carbonyl (C=O) groups is 2. The summed E-state index contributed by atoms with van der Waals surface area (Å²) in [5, 5.41) is 23.1. The van der Waals surface area contributed by atoms with Gasteiger partial charge in [0.2, 0.25) is 5.91 Å². The Balaban J connectivity index is 3.49. The summed E-state index contributed by atoms with van der Waals surface area (Å²) >= 11 is 0. The van der Waals surface area contributed by atoms with Crippen molar-refractivity contribution < 1.29 is 24.5 Å². The van der Waals surface area contributed by atoms with Crippen molar-refractivity contribution in [1.82, 2.24) is 5.32 Å². The fourth-order valence-electron chi connectivity index (χ4n) is 8.75. The number of allylic oxidation sites excluding steroid dienone is 1. The predicted molar refractivity (Wildman–Crippen MR) is 269 cm³/mol. The number of amides is 1. The van der Waals surface area contributed by atoms with Gasteiger partial charge in [0.15, 0.2) is 0 Å². The third kappa shape index (κ3) is 48.1. The normalized spacial score (nSPS) is 12.6. The van der Waals surface area contributed by atoms with Gasteiger partial charge in [-0.1, -0.05) is 276 Å². The Morgan fingerprint density at radius 2 is 0.742 bits per heavy atom. The van der Waals surface area contributed by atoms with Gasteiger partial charge >= 0.3 is 5.97 Å². The number of esters is 1. The lowest BCUT2D eigenvalue weighted by Gasteiger charge is -2.20. The molecule has 0 aliphatic heterocycles. The molecule has 0 aromatic heterocycles. The van der Waals surface area contributed by atoms with E-state index in [4.69, 9.17) is 4.74 Å². The molecule has 0 heterocycles. The number of aliphatic hydroxyl groups excluding tert-OH is 2. The Morgan fingerprint density at radius 3 is 1.10 bits per heavy atom. The molecule has 2 atom stereocenters. The molecule has 2 unspecified atom stereocenters. The highest BCUT2D eigenvalue weighted by atomic mass is 16.5. The van der Waals surface area contributed by atoms with E-state index in [0.29, 0.717) is 19.4 Å². The molecule has 368 valence electrons. The summed E-state index contributed by atoms with van der Waals surface area (Å²) in [5.74, 6) is -0.115. The van der Waals surface area contributed by atoms with E-state index >= 15 is 0 Å². The quantitative estimate of drug-likeness (QED) is 0.0321. The summed E-state index contributed by atoms with van der Waals surface area (Å²) in [5.41, 5.74) is 0. The third-order valence-corrected chi connectivity index (χ3v) is 13.1. The molecular weight excluding hydrogens is 767 g/mol. The van der Waals surface area contributed by atoms with Gasteiger partial charge in [-0.15, -0.1) is 0 Å². The second-order valence-electron chi connectivity index (χ2n) is 19.3. The molecule has 6 heteroatoms. The summed E-state index contributed by atoms with van der Waals surface area (Å²) in [6.45, 7) is 4.86. The van der Waals surface area contributed by atoms with Crippen molar-refractivity contribution in [1.29, 1.82) is 0 Å². The molecule has 62 heavy (non-hydrogen) atoms. The number of nitrogens with one attached hydrogen (secondary N) is 1. The van der Waals surface area contributed by atoms with Crippen LogP contribution in [0.3, 0.4) is 0 Å². The van der Waals surface area contributed by atoms with Crippen LogP contribution in [-0.4, -0.2) is 47.4 Å². The Morgan fingerprint density at radius 1 is 0.435 bits per heavy atom. The first-order chi connectivity index (χ1) is 30.5. The van der Waals surface area contributed by atoms with Gasteiger partial charge in [0, 0.05) is 12.8 Å². The van der Waals surface area contributed by atoms with Gasteiger partial charge < -0.3 is 20.3 Å². The molecule has 0 radical (unpaired) electrons. The van der Waals surface area contributed by atoms with Gasteiger partial charge in [0.05, 0.1) is 25.4 Å². The first-order valence-corrected chi connectivity index (χ1v) is 28.0. The number of hydrogen-bond acceptors (Lipinski definition) is 5. The molecule has 0 saturated heterocycles. The van der Waals surface area contributed by atoms with E-state index in [9.17, 15) is 19.8 Å². The van der Waals surface area contributed by atoms with Crippen LogP contribution in [0.1, 0.15) is 309 Å². The zero-order valence-corrected chi connectivity index (χ0v) is 41.9. The minimum absolute atomic E-state index is 0.0226. The van der Waals surface area contributed by atoms with Crippen molar-refractivity contribution in [3.63, 3.8) is 0 Å². The standard InChI is InChI=1S/C56H109NO5/c1-3-5-7-9-11-13-15-17-19-21-22-24-25-27-29-32-36-40-44-48-54(59)53(52-58)57-55(60)49-45-41-37-33-31-35-39-43-47-51-62-56(61)50-46-42-38-34-30-28-26-23-20-18-16-14-12-10-8-6-4-2/h44,48,53-54,58-59H,3-43,45-47,49-52H2,1-2H3,(H,57,60)/b48-44+. The van der Waals surface area contributed by atoms with Crippen LogP contribution < -0.4 is 5.32 Å². The van der Waals surface area contributed by atoms with Crippen LogP contribution in [0.2, 0.25) is 0 Å². The molecule has 0 spiro atoms. The summed E-state index contributed by atoms with van der Waals surface area (Å²) in [7, 11) is 0. The summed E-state index contributed by atoms with van der Waals surface area (Å²) < 4.78 is 5.47. The molecule has 0 aliphatic rings. The van der Waals surface area contributed by atoms with E-state index in [2.05, 4.69) is 19.2 Å². The number of ether oxygens (including phenoxy) is 1. The minimum Gasteiger partial charge on any atom is -0.466 e. The maximum Gasteiger partial charge on any atom is 0.305 e. The summed E-state index contributed by atoms with van der Waals surface area (Å²) in [4.78, 5) is 24.5. The van der Waals surface area contributed by atoms with Crippen LogP contribution in [0.5, 0.6) is 0 Å². The fourth-order valence-corrected chi connectivity index (χ4v) is 8.75. The maximum atomic E-state index is 12.5. The Hall–Kier alpha value is -1.40. The third-order valence-electron chi connectivity index (χ3n) is 13.1. The number of hydrogen-bond donors (Lipinski definition) is 3. The van der Waals surface area contributed by atoms with Crippen molar-refractivity contribution in [2.24, 2.45) is 0 Å². The van der Waals surface area contributed by atoms with Crippen molar-refractivity contribution in [3.05, 3.63) is 12.2 Å². The van der Waals surface area contributed by atoms with Crippen LogP contribution in [-0.2, 0) is 14.3 Å². The smallest absolute Gasteiger partial charge is 0.305 e. The van der Waals surface area contributed by atoms with E-state index in [1.807, 2.05) is 6.08 Å². The van der Waals surface area contributed by atoms with Crippen LogP contribution in [0, 0.1) is 0 Å². The van der Waals surface area contributed by atoms with E-state index in [1.54, 1.807) is 6.08 Å². The average molecular weight is 876 g/mol. The molecule has 1 amide bonds. The van der Waals surface area contributed by atoms with Crippen molar-refractivity contribution >= 4 is 11.9 Å². The van der Waals surface area contributed by atoms with Crippen LogP contribution in [0.25, 0.3) is 0 Å². The Bertz CT molecular complexity index is 924. The highest BCUT2D eigenvalue weighted by molar-refractivity contribution is 5.76. The van der Waals surface area contributed by atoms with Gasteiger partial charge in [-0.2, -0.15) is 0 Å². The first kappa shape index (κ1) is 60.6. The van der Waals surface area contributed by atoms with Gasteiger partial charge in [-0.05, 0) is 32.1 Å². The van der Waals surface area contributed by atoms with Gasteiger partial charge in [0.25, 0.3) is 0 Å². The van der Waals surface area contributed by atoms with Crippen molar-refractivity contribution in [2.75, 3.05) is 13.2 Å². The van der Waals surface area contributed by atoms with Crippen LogP contribution >= 0.6 is 0 Å². The van der Waals surface area contributed by atoms with Crippen LogP contribution in [0.4, 0.5) is 0 Å². The molecule has 0 bridgehead atoms. The SMILES string of the molecule is CCCCCCCCCCCCCCCCCCC/C=C/C(O)C(CO)NC(=O)CCCCCCCCCCCOC(=O)CCCCCCCCCCCCCCCCCCC. The maximum absolute atomic E-state index is 12.5. The largest absolute Gasteiger partial charge is 0.466 e. The monoisotopic (exact) mass is 876 g/mol. The zero-order valence-electron chi connectivity index (χ0n) is 41.9. The topological polar surface area (TPSA) is 95.9 Å².